The third kappa shape index (κ3) is 4.23. The Bertz CT molecular complexity index is 490. The van der Waals surface area contributed by atoms with E-state index < -0.39 is 0 Å². The summed E-state index contributed by atoms with van der Waals surface area (Å²) in [7, 11) is 1.76. The van der Waals surface area contributed by atoms with E-state index in [1.165, 1.54) is 0 Å². The normalized spacial score (nSPS) is 18.8. The molecule has 0 spiro atoms. The van der Waals surface area contributed by atoms with Crippen LogP contribution in [0.5, 0.6) is 0 Å². The van der Waals surface area contributed by atoms with Crippen LogP contribution in [-0.2, 0) is 11.3 Å². The average Bonchev–Trinajstić information content (AvgIpc) is 2.42. The van der Waals surface area contributed by atoms with E-state index in [4.69, 9.17) is 0 Å². The number of urea groups is 1. The standard InChI is InChI=1S/C14H18BrN3O2/c1-18-9-12(6-7-13(18)19)17-14(20)16-8-10-2-4-11(15)5-3-10/h2-5,12H,6-9H2,1H3,(H2,16,17,20)/t12-/m1/s1. The molecule has 1 aliphatic rings. The molecule has 0 radical (unpaired) electrons. The highest BCUT2D eigenvalue weighted by Crippen LogP contribution is 2.11. The molecule has 3 amide bonds. The van der Waals surface area contributed by atoms with Gasteiger partial charge < -0.3 is 15.5 Å². The van der Waals surface area contributed by atoms with E-state index in [9.17, 15) is 9.59 Å². The van der Waals surface area contributed by atoms with Crippen molar-refractivity contribution in [1.29, 1.82) is 0 Å². The minimum absolute atomic E-state index is 0.0302. The SMILES string of the molecule is CN1C[C@H](NC(=O)NCc2ccc(Br)cc2)CCC1=O. The second kappa shape index (κ2) is 6.74. The summed E-state index contributed by atoms with van der Waals surface area (Å²) in [6.45, 7) is 1.06. The molecule has 1 atom stereocenters. The first-order valence-electron chi connectivity index (χ1n) is 6.57. The van der Waals surface area contributed by atoms with Crippen LogP contribution in [-0.4, -0.2) is 36.5 Å². The fourth-order valence-corrected chi connectivity index (χ4v) is 2.42. The second-order valence-electron chi connectivity index (χ2n) is 4.96. The van der Waals surface area contributed by atoms with Gasteiger partial charge in [0.05, 0.1) is 0 Å². The van der Waals surface area contributed by atoms with E-state index in [1.54, 1.807) is 11.9 Å². The highest BCUT2D eigenvalue weighted by molar-refractivity contribution is 9.10. The molecule has 1 aromatic carbocycles. The Morgan fingerprint density at radius 2 is 2.10 bits per heavy atom. The van der Waals surface area contributed by atoms with Crippen molar-refractivity contribution in [3.05, 3.63) is 34.3 Å². The number of amides is 3. The van der Waals surface area contributed by atoms with Crippen LogP contribution < -0.4 is 10.6 Å². The number of carbonyl (C=O) groups is 2. The van der Waals surface area contributed by atoms with Gasteiger partial charge in [-0.2, -0.15) is 0 Å². The number of likely N-dealkylation sites (tertiary alicyclic amines) is 1. The van der Waals surface area contributed by atoms with Crippen molar-refractivity contribution in [2.45, 2.75) is 25.4 Å². The van der Waals surface area contributed by atoms with Crippen LogP contribution in [0.25, 0.3) is 0 Å². The molecule has 2 rings (SSSR count). The van der Waals surface area contributed by atoms with Gasteiger partial charge in [-0.3, -0.25) is 4.79 Å². The topological polar surface area (TPSA) is 61.4 Å². The fraction of sp³-hybridized carbons (Fsp3) is 0.429. The van der Waals surface area contributed by atoms with E-state index in [0.717, 1.165) is 10.0 Å². The Hall–Kier alpha value is -1.56. The molecule has 0 bridgehead atoms. The molecule has 0 saturated carbocycles. The van der Waals surface area contributed by atoms with Gasteiger partial charge in [-0.05, 0) is 24.1 Å². The van der Waals surface area contributed by atoms with Crippen molar-refractivity contribution in [1.82, 2.24) is 15.5 Å². The summed E-state index contributed by atoms with van der Waals surface area (Å²) in [4.78, 5) is 24.8. The minimum atomic E-state index is -0.194. The van der Waals surface area contributed by atoms with Gasteiger partial charge in [0.1, 0.15) is 0 Å². The molecule has 0 aliphatic carbocycles. The molecule has 2 N–H and O–H groups in total. The van der Waals surface area contributed by atoms with Crippen LogP contribution in [0.4, 0.5) is 4.79 Å². The molecule has 0 unspecified atom stereocenters. The number of hydrogen-bond donors (Lipinski definition) is 2. The molecule has 1 saturated heterocycles. The van der Waals surface area contributed by atoms with Crippen LogP contribution in [0.1, 0.15) is 18.4 Å². The molecular formula is C14H18BrN3O2. The fourth-order valence-electron chi connectivity index (χ4n) is 2.15. The lowest BCUT2D eigenvalue weighted by Gasteiger charge is -2.30. The number of nitrogens with zero attached hydrogens (tertiary/aromatic N) is 1. The summed E-state index contributed by atoms with van der Waals surface area (Å²) in [5, 5.41) is 5.72. The molecular weight excluding hydrogens is 322 g/mol. The second-order valence-corrected chi connectivity index (χ2v) is 5.88. The Balaban J connectivity index is 1.75. The van der Waals surface area contributed by atoms with Crippen molar-refractivity contribution >= 4 is 27.9 Å². The van der Waals surface area contributed by atoms with E-state index in [0.29, 0.717) is 25.9 Å². The summed E-state index contributed by atoms with van der Waals surface area (Å²) in [6.07, 6.45) is 1.20. The number of nitrogens with one attached hydrogen (secondary N) is 2. The summed E-state index contributed by atoms with van der Waals surface area (Å²) < 4.78 is 1.01. The number of piperidine rings is 1. The van der Waals surface area contributed by atoms with Gasteiger partial charge >= 0.3 is 6.03 Å². The molecule has 20 heavy (non-hydrogen) atoms. The first-order chi connectivity index (χ1) is 9.54. The van der Waals surface area contributed by atoms with E-state index >= 15 is 0 Å². The largest absolute Gasteiger partial charge is 0.344 e. The highest BCUT2D eigenvalue weighted by atomic mass is 79.9. The van der Waals surface area contributed by atoms with Crippen LogP contribution in [0.2, 0.25) is 0 Å². The van der Waals surface area contributed by atoms with Crippen LogP contribution in [0.3, 0.4) is 0 Å². The minimum Gasteiger partial charge on any atom is -0.344 e. The maximum Gasteiger partial charge on any atom is 0.315 e. The van der Waals surface area contributed by atoms with Crippen LogP contribution in [0, 0.1) is 0 Å². The number of carbonyl (C=O) groups excluding carboxylic acids is 2. The molecule has 1 heterocycles. The lowest BCUT2D eigenvalue weighted by molar-refractivity contribution is -0.132. The van der Waals surface area contributed by atoms with E-state index in [1.807, 2.05) is 24.3 Å². The number of rotatable bonds is 3. The van der Waals surface area contributed by atoms with Crippen molar-refractivity contribution in [2.75, 3.05) is 13.6 Å². The van der Waals surface area contributed by atoms with Gasteiger partial charge in [0, 0.05) is 37.1 Å². The quantitative estimate of drug-likeness (QED) is 0.883. The zero-order chi connectivity index (χ0) is 14.5. The van der Waals surface area contributed by atoms with Crippen LogP contribution >= 0.6 is 15.9 Å². The molecule has 5 nitrogen and oxygen atoms in total. The van der Waals surface area contributed by atoms with Crippen molar-refractivity contribution in [3.8, 4) is 0 Å². The van der Waals surface area contributed by atoms with Gasteiger partial charge in [0.2, 0.25) is 5.91 Å². The molecule has 1 aromatic rings. The summed E-state index contributed by atoms with van der Waals surface area (Å²) >= 11 is 3.37. The molecule has 108 valence electrons. The number of halogens is 1. The Labute approximate surface area is 126 Å². The van der Waals surface area contributed by atoms with Crippen molar-refractivity contribution in [3.63, 3.8) is 0 Å². The third-order valence-electron chi connectivity index (χ3n) is 3.33. The Morgan fingerprint density at radius 1 is 1.40 bits per heavy atom. The molecule has 1 aliphatic heterocycles. The lowest BCUT2D eigenvalue weighted by Crippen LogP contribution is -2.50. The highest BCUT2D eigenvalue weighted by Gasteiger charge is 2.23. The van der Waals surface area contributed by atoms with Gasteiger partial charge in [-0.15, -0.1) is 0 Å². The van der Waals surface area contributed by atoms with E-state index in [2.05, 4.69) is 26.6 Å². The predicted molar refractivity (Wildman–Crippen MR) is 80.2 cm³/mol. The van der Waals surface area contributed by atoms with Gasteiger partial charge in [-0.1, -0.05) is 28.1 Å². The number of benzene rings is 1. The predicted octanol–water partition coefficient (Wildman–Crippen LogP) is 1.87. The summed E-state index contributed by atoms with van der Waals surface area (Å²) in [5.74, 6) is 0.137. The first kappa shape index (κ1) is 14.8. The summed E-state index contributed by atoms with van der Waals surface area (Å²) in [5.41, 5.74) is 1.04. The van der Waals surface area contributed by atoms with Gasteiger partial charge in [0.15, 0.2) is 0 Å². The maximum atomic E-state index is 11.8. The first-order valence-corrected chi connectivity index (χ1v) is 7.36. The average molecular weight is 340 g/mol. The Morgan fingerprint density at radius 3 is 2.75 bits per heavy atom. The molecule has 6 heteroatoms. The third-order valence-corrected chi connectivity index (χ3v) is 3.86. The van der Waals surface area contributed by atoms with Crippen LogP contribution in [0.15, 0.2) is 28.7 Å². The zero-order valence-corrected chi connectivity index (χ0v) is 12.9. The van der Waals surface area contributed by atoms with Gasteiger partial charge in [0.25, 0.3) is 0 Å². The zero-order valence-electron chi connectivity index (χ0n) is 11.4. The van der Waals surface area contributed by atoms with Crippen molar-refractivity contribution < 1.29 is 9.59 Å². The smallest absolute Gasteiger partial charge is 0.315 e. The molecule has 0 aromatic heterocycles. The Kier molecular flexibility index (Phi) is 5.00. The number of hydrogen-bond acceptors (Lipinski definition) is 2. The van der Waals surface area contributed by atoms with E-state index in [-0.39, 0.29) is 18.0 Å². The molecule has 1 fully saturated rings. The number of likely N-dealkylation sites (N-methyl/N-ethyl adjacent to an activating group) is 1. The maximum absolute atomic E-state index is 11.8. The monoisotopic (exact) mass is 339 g/mol. The summed E-state index contributed by atoms with van der Waals surface area (Å²) in [6, 6.07) is 7.63. The van der Waals surface area contributed by atoms with Gasteiger partial charge in [-0.25, -0.2) is 4.79 Å². The lowest BCUT2D eigenvalue weighted by atomic mass is 10.1. The van der Waals surface area contributed by atoms with Crippen molar-refractivity contribution in [2.24, 2.45) is 0 Å².